The number of aliphatic imine (C=N–C) groups is 2. The van der Waals surface area contributed by atoms with Crippen molar-refractivity contribution in [1.29, 1.82) is 0 Å². The summed E-state index contributed by atoms with van der Waals surface area (Å²) in [4.78, 5) is 13.9. The van der Waals surface area contributed by atoms with Gasteiger partial charge in [-0.05, 0) is 5.56 Å². The lowest BCUT2D eigenvalue weighted by Gasteiger charge is -2.01. The van der Waals surface area contributed by atoms with E-state index >= 15 is 0 Å². The number of hydrogen-bond acceptors (Lipinski definition) is 4. The van der Waals surface area contributed by atoms with Crippen LogP contribution >= 0.6 is 0 Å². The zero-order valence-electron chi connectivity index (χ0n) is 15.1. The highest BCUT2D eigenvalue weighted by atomic mass is 15.2. The van der Waals surface area contributed by atoms with Crippen LogP contribution in [0.15, 0.2) is 94.9 Å². The minimum atomic E-state index is 0.601. The molecule has 5 heteroatoms. The maximum Gasteiger partial charge on any atom is 0.181 e. The second-order valence-electron chi connectivity index (χ2n) is 6.52. The molecule has 0 unspecified atom stereocenters. The number of amidine groups is 1. The maximum absolute atomic E-state index is 4.71. The summed E-state index contributed by atoms with van der Waals surface area (Å²) >= 11 is 0. The van der Waals surface area contributed by atoms with E-state index < -0.39 is 0 Å². The smallest absolute Gasteiger partial charge is 0.181 e. The molecule has 5 nitrogen and oxygen atoms in total. The number of benzene rings is 3. The van der Waals surface area contributed by atoms with Gasteiger partial charge in [0.05, 0.1) is 12.3 Å². The first-order valence-electron chi connectivity index (χ1n) is 9.13. The molecule has 0 fully saturated rings. The Labute approximate surface area is 162 Å². The molecule has 0 amide bonds. The molecular weight excluding hydrogens is 346 g/mol. The number of nitrogens with one attached hydrogen (secondary N) is 1. The Hall–Kier alpha value is -3.86. The molecule has 1 aliphatic heterocycles. The Balaban J connectivity index is 1.37. The minimum Gasteiger partial charge on any atom is -0.260 e. The van der Waals surface area contributed by atoms with Gasteiger partial charge in [0.15, 0.2) is 17.5 Å². The summed E-state index contributed by atoms with van der Waals surface area (Å²) in [6, 6.07) is 28.2. The first kappa shape index (κ1) is 16.3. The quantitative estimate of drug-likeness (QED) is 0.584. The highest BCUT2D eigenvalue weighted by Gasteiger charge is 2.14. The fourth-order valence-electron chi connectivity index (χ4n) is 3.17. The molecule has 0 bridgehead atoms. The van der Waals surface area contributed by atoms with Crippen LogP contribution in [0, 0.1) is 0 Å². The number of aromatic nitrogens is 3. The molecule has 0 saturated carbocycles. The van der Waals surface area contributed by atoms with E-state index in [0.717, 1.165) is 39.6 Å². The van der Waals surface area contributed by atoms with Gasteiger partial charge in [-0.1, -0.05) is 84.9 Å². The van der Waals surface area contributed by atoms with Gasteiger partial charge in [0.25, 0.3) is 0 Å². The number of rotatable bonds is 4. The Morgan fingerprint density at radius 1 is 0.643 bits per heavy atom. The third kappa shape index (κ3) is 3.14. The zero-order valence-corrected chi connectivity index (χ0v) is 15.1. The average molecular weight is 363 g/mol. The normalized spacial score (nSPS) is 13.3. The molecule has 1 aliphatic rings. The molecule has 1 N–H and O–H groups in total. The molecule has 0 atom stereocenters. The monoisotopic (exact) mass is 363 g/mol. The summed E-state index contributed by atoms with van der Waals surface area (Å²) in [5.74, 6) is 2.24. The largest absolute Gasteiger partial charge is 0.260 e. The van der Waals surface area contributed by atoms with Crippen LogP contribution in [0.2, 0.25) is 0 Å². The van der Waals surface area contributed by atoms with Gasteiger partial charge in [0.1, 0.15) is 0 Å². The lowest BCUT2D eigenvalue weighted by atomic mass is 10.1. The summed E-state index contributed by atoms with van der Waals surface area (Å²) in [6.07, 6.45) is 0. The molecule has 1 aromatic heterocycles. The van der Waals surface area contributed by atoms with Crippen LogP contribution < -0.4 is 0 Å². The second kappa shape index (κ2) is 7.04. The van der Waals surface area contributed by atoms with E-state index in [4.69, 9.17) is 4.99 Å². The van der Waals surface area contributed by atoms with Crippen molar-refractivity contribution in [2.45, 2.75) is 0 Å². The molecule has 0 aliphatic carbocycles. The van der Waals surface area contributed by atoms with E-state index in [1.54, 1.807) is 0 Å². The fourth-order valence-corrected chi connectivity index (χ4v) is 3.17. The zero-order chi connectivity index (χ0) is 18.8. The highest BCUT2D eigenvalue weighted by molar-refractivity contribution is 6.17. The van der Waals surface area contributed by atoms with E-state index in [-0.39, 0.29) is 0 Å². The van der Waals surface area contributed by atoms with Crippen molar-refractivity contribution in [2.75, 3.05) is 6.54 Å². The predicted octanol–water partition coefficient (Wildman–Crippen LogP) is 4.39. The van der Waals surface area contributed by atoms with Crippen molar-refractivity contribution in [3.8, 4) is 22.8 Å². The molecule has 0 spiro atoms. The van der Waals surface area contributed by atoms with E-state index in [1.165, 1.54) is 0 Å². The van der Waals surface area contributed by atoms with E-state index in [9.17, 15) is 0 Å². The average Bonchev–Trinajstić information content (AvgIpc) is 3.46. The highest BCUT2D eigenvalue weighted by Crippen LogP contribution is 2.21. The van der Waals surface area contributed by atoms with Crippen LogP contribution in [-0.4, -0.2) is 33.3 Å². The topological polar surface area (TPSA) is 66.3 Å². The molecular formula is C23H17N5. The Morgan fingerprint density at radius 3 is 2.00 bits per heavy atom. The Morgan fingerprint density at radius 2 is 1.29 bits per heavy atom. The Kier molecular flexibility index (Phi) is 4.10. The van der Waals surface area contributed by atoms with Gasteiger partial charge in [-0.2, -0.15) is 5.10 Å². The van der Waals surface area contributed by atoms with Crippen LogP contribution in [0.1, 0.15) is 11.1 Å². The molecule has 134 valence electrons. The van der Waals surface area contributed by atoms with Crippen LogP contribution in [0.3, 0.4) is 0 Å². The van der Waals surface area contributed by atoms with Crippen molar-refractivity contribution in [3.63, 3.8) is 0 Å². The summed E-state index contributed by atoms with van der Waals surface area (Å²) in [6.45, 7) is 0.601. The van der Waals surface area contributed by atoms with Crippen LogP contribution in [0.25, 0.3) is 22.8 Å². The molecule has 2 heterocycles. The van der Waals surface area contributed by atoms with Crippen molar-refractivity contribution >= 4 is 11.5 Å². The molecule has 5 rings (SSSR count). The van der Waals surface area contributed by atoms with Crippen molar-refractivity contribution < 1.29 is 0 Å². The number of aromatic amines is 1. The van der Waals surface area contributed by atoms with Crippen molar-refractivity contribution in [3.05, 3.63) is 96.1 Å². The van der Waals surface area contributed by atoms with Gasteiger partial charge in [-0.15, -0.1) is 0 Å². The lowest BCUT2D eigenvalue weighted by molar-refractivity contribution is 1.10. The lowest BCUT2D eigenvalue weighted by Crippen LogP contribution is -2.01. The van der Waals surface area contributed by atoms with Gasteiger partial charge in [0.2, 0.25) is 0 Å². The number of hydrogen-bond donors (Lipinski definition) is 1. The first-order valence-corrected chi connectivity index (χ1v) is 9.13. The van der Waals surface area contributed by atoms with Crippen molar-refractivity contribution in [1.82, 2.24) is 15.2 Å². The van der Waals surface area contributed by atoms with Gasteiger partial charge < -0.3 is 0 Å². The Bertz CT molecular complexity index is 1160. The molecule has 28 heavy (non-hydrogen) atoms. The molecule has 0 saturated heterocycles. The van der Waals surface area contributed by atoms with Gasteiger partial charge in [-0.3, -0.25) is 10.1 Å². The number of H-pyrrole nitrogens is 1. The van der Waals surface area contributed by atoms with Gasteiger partial charge in [-0.25, -0.2) is 9.98 Å². The molecule has 0 radical (unpaired) electrons. The predicted molar refractivity (Wildman–Crippen MR) is 112 cm³/mol. The first-order chi connectivity index (χ1) is 13.9. The fraction of sp³-hybridized carbons (Fsp3) is 0.0435. The SMILES string of the molecule is c1ccc(C2=NCC(c3ccc(-c4nc(-c5ccccc5)n[nH]4)cc3)=N2)cc1. The molecule has 3 aromatic carbocycles. The summed E-state index contributed by atoms with van der Waals surface area (Å²) in [5.41, 5.74) is 5.08. The van der Waals surface area contributed by atoms with E-state index in [1.807, 2.05) is 72.8 Å². The van der Waals surface area contributed by atoms with Crippen LogP contribution in [-0.2, 0) is 0 Å². The van der Waals surface area contributed by atoms with E-state index in [0.29, 0.717) is 12.4 Å². The third-order valence-corrected chi connectivity index (χ3v) is 4.66. The number of nitrogens with zero attached hydrogens (tertiary/aromatic N) is 4. The standard InChI is InChI=1S/C23H17N5/c1-3-7-17(8-4-1)21-24-15-20(25-21)16-11-13-19(14-12-16)23-26-22(27-28-23)18-9-5-2-6-10-18/h1-14H,15H2,(H,26,27,28). The van der Waals surface area contributed by atoms with E-state index in [2.05, 4.69) is 32.3 Å². The van der Waals surface area contributed by atoms with Crippen molar-refractivity contribution in [2.24, 2.45) is 9.98 Å². The van der Waals surface area contributed by atoms with Crippen LogP contribution in [0.4, 0.5) is 0 Å². The van der Waals surface area contributed by atoms with Crippen LogP contribution in [0.5, 0.6) is 0 Å². The maximum atomic E-state index is 4.71. The minimum absolute atomic E-state index is 0.601. The van der Waals surface area contributed by atoms with Gasteiger partial charge >= 0.3 is 0 Å². The third-order valence-electron chi connectivity index (χ3n) is 4.66. The summed E-state index contributed by atoms with van der Waals surface area (Å²) < 4.78 is 0. The molecule has 4 aromatic rings. The second-order valence-corrected chi connectivity index (χ2v) is 6.52. The van der Waals surface area contributed by atoms with Gasteiger partial charge in [0, 0.05) is 16.7 Å². The summed E-state index contributed by atoms with van der Waals surface area (Å²) in [7, 11) is 0. The summed E-state index contributed by atoms with van der Waals surface area (Å²) in [5, 5.41) is 7.35.